The van der Waals surface area contributed by atoms with Gasteiger partial charge in [-0.05, 0) is 57.1 Å². The number of fused-ring (bicyclic) bond motifs is 2. The lowest BCUT2D eigenvalue weighted by Crippen LogP contribution is -2.52. The summed E-state index contributed by atoms with van der Waals surface area (Å²) in [7, 11) is 1.58. The predicted molar refractivity (Wildman–Crippen MR) is 155 cm³/mol. The number of thiophene rings is 1. The molecule has 1 aliphatic carbocycles. The molecule has 6 rings (SSSR count). The van der Waals surface area contributed by atoms with E-state index < -0.39 is 28.9 Å². The molecule has 3 aromatic heterocycles. The summed E-state index contributed by atoms with van der Waals surface area (Å²) in [5.41, 5.74) is -1.91. The third-order valence-corrected chi connectivity index (χ3v) is 9.88. The van der Waals surface area contributed by atoms with E-state index >= 15 is 0 Å². The number of benzene rings is 1. The Labute approximate surface area is 245 Å². The zero-order chi connectivity index (χ0) is 29.8. The molecule has 1 N–H and O–H groups in total. The number of carbonyl (C=O) groups is 1. The molecule has 0 amide bonds. The Hall–Kier alpha value is -3.74. The number of carboxylic acid groups (broad SMARTS) is 1. The number of methoxy groups -OCH3 is 1. The zero-order valence-electron chi connectivity index (χ0n) is 23.9. The molecule has 0 radical (unpaired) electrons. The van der Waals surface area contributed by atoms with Crippen molar-refractivity contribution in [2.24, 2.45) is 11.8 Å². The van der Waals surface area contributed by atoms with Gasteiger partial charge in [0.2, 0.25) is 5.89 Å². The molecule has 3 atom stereocenters. The number of rotatable bonds is 9. The van der Waals surface area contributed by atoms with E-state index in [0.717, 1.165) is 36.2 Å². The van der Waals surface area contributed by atoms with E-state index in [1.54, 1.807) is 14.0 Å². The predicted octanol–water partition coefficient (Wildman–Crippen LogP) is 4.20. The van der Waals surface area contributed by atoms with E-state index in [1.165, 1.54) is 42.2 Å². The Balaban J connectivity index is 1.54. The number of aliphatic carboxylic acids is 1. The summed E-state index contributed by atoms with van der Waals surface area (Å²) in [4.78, 5) is 45.6. The highest BCUT2D eigenvalue weighted by Crippen LogP contribution is 2.42. The van der Waals surface area contributed by atoms with Gasteiger partial charge in [-0.2, -0.15) is 0 Å². The normalized spacial score (nSPS) is 19.8. The molecule has 0 bridgehead atoms. The van der Waals surface area contributed by atoms with Crippen LogP contribution in [0.4, 0.5) is 0 Å². The Morgan fingerprint density at radius 3 is 2.57 bits per heavy atom. The van der Waals surface area contributed by atoms with Crippen molar-refractivity contribution in [3.8, 4) is 16.5 Å². The second-order valence-electron chi connectivity index (χ2n) is 11.5. The third kappa shape index (κ3) is 4.67. The van der Waals surface area contributed by atoms with Crippen LogP contribution in [0.1, 0.15) is 43.9 Å². The van der Waals surface area contributed by atoms with E-state index in [4.69, 9.17) is 18.6 Å². The van der Waals surface area contributed by atoms with Crippen LogP contribution in [-0.4, -0.2) is 51.6 Å². The van der Waals surface area contributed by atoms with Crippen LogP contribution in [0, 0.1) is 18.8 Å². The average molecular weight is 596 g/mol. The van der Waals surface area contributed by atoms with Gasteiger partial charge in [0.1, 0.15) is 28.5 Å². The molecular formula is C30H33N3O8S. The molecule has 12 heteroatoms. The zero-order valence-corrected chi connectivity index (χ0v) is 24.7. The second kappa shape index (κ2) is 10.8. The van der Waals surface area contributed by atoms with Gasteiger partial charge in [0.25, 0.3) is 5.56 Å². The van der Waals surface area contributed by atoms with Gasteiger partial charge in [0.05, 0.1) is 36.2 Å². The van der Waals surface area contributed by atoms with Crippen molar-refractivity contribution in [3.05, 3.63) is 68.7 Å². The van der Waals surface area contributed by atoms with Gasteiger partial charge < -0.3 is 23.7 Å². The Bertz CT molecular complexity index is 1740. The number of aromatic nitrogens is 3. The van der Waals surface area contributed by atoms with Gasteiger partial charge in [-0.1, -0.05) is 18.2 Å². The van der Waals surface area contributed by atoms with Crippen LogP contribution < -0.4 is 16.0 Å². The van der Waals surface area contributed by atoms with Crippen LogP contribution in [0.15, 0.2) is 50.7 Å². The van der Waals surface area contributed by atoms with Crippen molar-refractivity contribution >= 4 is 27.5 Å². The van der Waals surface area contributed by atoms with Crippen molar-refractivity contribution in [1.82, 2.24) is 14.1 Å². The fourth-order valence-electron chi connectivity index (χ4n) is 6.23. The molecule has 0 unspecified atom stereocenters. The molecule has 222 valence electrons. The second-order valence-corrected chi connectivity index (χ2v) is 12.5. The number of para-hydroxylation sites is 1. The molecule has 4 aromatic rings. The molecule has 0 spiro atoms. The molecule has 11 nitrogen and oxygen atoms in total. The van der Waals surface area contributed by atoms with Gasteiger partial charge in [-0.25, -0.2) is 19.1 Å². The number of oxazole rings is 1. The Morgan fingerprint density at radius 1 is 1.21 bits per heavy atom. The fraction of sp³-hybridized carbons (Fsp3) is 0.467. The number of hydrogen-bond acceptors (Lipinski definition) is 9. The number of ether oxygens (including phenoxy) is 3. The summed E-state index contributed by atoms with van der Waals surface area (Å²) in [5, 5.41) is 10.3. The molecule has 1 aliphatic heterocycles. The molecule has 1 saturated carbocycles. The van der Waals surface area contributed by atoms with Crippen LogP contribution in [-0.2, 0) is 26.4 Å². The first-order valence-corrected chi connectivity index (χ1v) is 14.7. The van der Waals surface area contributed by atoms with Crippen molar-refractivity contribution in [3.63, 3.8) is 0 Å². The first-order chi connectivity index (χ1) is 20.1. The van der Waals surface area contributed by atoms with E-state index in [-0.39, 0.29) is 18.0 Å². The molecule has 1 aromatic carbocycles. The SMILES string of the molecule is COc1ccccc1[C@@H](Cn1c(=O)n(C(C)(C)C(=O)O)c(=O)c2c(C)c(-c3ncco3)sc21)OC1C[C@H]2COC[C@@H]2C1. The van der Waals surface area contributed by atoms with Gasteiger partial charge in [0.15, 0.2) is 0 Å². The molecule has 4 heterocycles. The quantitative estimate of drug-likeness (QED) is 0.302. The summed E-state index contributed by atoms with van der Waals surface area (Å²) in [5.74, 6) is 0.489. The van der Waals surface area contributed by atoms with Crippen molar-refractivity contribution < 1.29 is 28.5 Å². The number of nitrogens with zero attached hydrogens (tertiary/aromatic N) is 3. The van der Waals surface area contributed by atoms with E-state index in [1.807, 2.05) is 24.3 Å². The highest BCUT2D eigenvalue weighted by atomic mass is 32.1. The minimum absolute atomic E-state index is 0.0268. The average Bonchev–Trinajstić information content (AvgIpc) is 3.75. The standard InChI is InChI=1S/C30H33N3O8S/c1-16-23-26(34)33(30(2,3)28(35)36)29(37)32(27(23)42-24(16)25-31-9-10-40-25)13-22(20-7-5-6-8-21(20)38-4)41-19-11-17-14-39-15-18(17)12-19/h5-10,17-19,22H,11-15H2,1-4H3,(H,35,36)/t17-,18-,22+/m0/s1. The maximum absolute atomic E-state index is 14.2. The van der Waals surface area contributed by atoms with Gasteiger partial charge in [-0.3, -0.25) is 9.36 Å². The third-order valence-electron chi connectivity index (χ3n) is 8.57. The molecule has 2 fully saturated rings. The topological polar surface area (TPSA) is 135 Å². The molecule has 1 saturated heterocycles. The minimum Gasteiger partial charge on any atom is -0.496 e. The van der Waals surface area contributed by atoms with Crippen molar-refractivity contribution in [2.45, 2.75) is 57.9 Å². The summed E-state index contributed by atoms with van der Waals surface area (Å²) >= 11 is 1.21. The first kappa shape index (κ1) is 28.4. The molecular weight excluding hydrogens is 562 g/mol. The molecule has 42 heavy (non-hydrogen) atoms. The largest absolute Gasteiger partial charge is 0.496 e. The number of carboxylic acids is 1. The first-order valence-electron chi connectivity index (χ1n) is 13.9. The summed E-state index contributed by atoms with van der Waals surface area (Å²) in [6.45, 7) is 5.91. The monoisotopic (exact) mass is 595 g/mol. The highest BCUT2D eigenvalue weighted by molar-refractivity contribution is 7.22. The van der Waals surface area contributed by atoms with Crippen molar-refractivity contribution in [1.29, 1.82) is 0 Å². The van der Waals surface area contributed by atoms with Crippen molar-refractivity contribution in [2.75, 3.05) is 20.3 Å². The van der Waals surface area contributed by atoms with Crippen LogP contribution in [0.5, 0.6) is 5.75 Å². The smallest absolute Gasteiger partial charge is 0.333 e. The summed E-state index contributed by atoms with van der Waals surface area (Å²) < 4.78 is 25.9. The van der Waals surface area contributed by atoms with Gasteiger partial charge >= 0.3 is 11.7 Å². The van der Waals surface area contributed by atoms with E-state index in [2.05, 4.69) is 4.98 Å². The van der Waals surface area contributed by atoms with Crippen LogP contribution in [0.3, 0.4) is 0 Å². The molecule has 2 aliphatic rings. The van der Waals surface area contributed by atoms with Crippen LogP contribution >= 0.6 is 11.3 Å². The van der Waals surface area contributed by atoms with Crippen LogP contribution in [0.2, 0.25) is 0 Å². The lowest BCUT2D eigenvalue weighted by atomic mass is 10.0. The summed E-state index contributed by atoms with van der Waals surface area (Å²) in [6.07, 6.45) is 3.95. The maximum atomic E-state index is 14.2. The Morgan fingerprint density at radius 2 is 1.93 bits per heavy atom. The van der Waals surface area contributed by atoms with Gasteiger partial charge in [-0.15, -0.1) is 11.3 Å². The fourth-order valence-corrected chi connectivity index (χ4v) is 7.47. The number of hydrogen-bond donors (Lipinski definition) is 1. The van der Waals surface area contributed by atoms with Crippen LogP contribution in [0.25, 0.3) is 21.0 Å². The number of aryl methyl sites for hydroxylation is 1. The van der Waals surface area contributed by atoms with E-state index in [9.17, 15) is 19.5 Å². The van der Waals surface area contributed by atoms with E-state index in [0.29, 0.717) is 38.7 Å². The lowest BCUT2D eigenvalue weighted by molar-refractivity contribution is -0.146. The minimum atomic E-state index is -1.81. The summed E-state index contributed by atoms with van der Waals surface area (Å²) in [6, 6.07) is 7.49. The maximum Gasteiger partial charge on any atom is 0.333 e. The highest BCUT2D eigenvalue weighted by Gasteiger charge is 2.41. The van der Waals surface area contributed by atoms with Gasteiger partial charge in [0, 0.05) is 18.8 Å². The Kier molecular flexibility index (Phi) is 7.32. The lowest BCUT2D eigenvalue weighted by Gasteiger charge is -2.27.